The monoisotopic (exact) mass is 390 g/mol. The van der Waals surface area contributed by atoms with Crippen LogP contribution in [0.25, 0.3) is 5.52 Å². The zero-order chi connectivity index (χ0) is 20.0. The lowest BCUT2D eigenvalue weighted by atomic mass is 9.77. The lowest BCUT2D eigenvalue weighted by molar-refractivity contribution is -0.138. The Balaban J connectivity index is 1.44. The lowest BCUT2D eigenvalue weighted by Crippen LogP contribution is -2.49. The number of hydrogen-bond donors (Lipinski definition) is 0. The van der Waals surface area contributed by atoms with Crippen molar-refractivity contribution in [2.24, 2.45) is 0 Å². The molecule has 2 heterocycles. The van der Waals surface area contributed by atoms with Gasteiger partial charge in [0, 0.05) is 36.9 Å². The van der Waals surface area contributed by atoms with E-state index in [2.05, 4.69) is 34.9 Å². The highest BCUT2D eigenvalue weighted by Crippen LogP contribution is 2.43. The average molecular weight is 391 g/mol. The summed E-state index contributed by atoms with van der Waals surface area (Å²) in [6, 6.07) is 15.4. The number of pyridine rings is 1. The number of rotatable bonds is 3. The van der Waals surface area contributed by atoms with E-state index in [1.165, 1.54) is 28.9 Å². The third-order valence-corrected chi connectivity index (χ3v) is 7.18. The Bertz CT molecular complexity index is 1050. The summed E-state index contributed by atoms with van der Waals surface area (Å²) in [5.74, 6) is -0.0430. The van der Waals surface area contributed by atoms with Crippen molar-refractivity contribution in [1.82, 2.24) is 9.30 Å². The Morgan fingerprint density at radius 1 is 1.14 bits per heavy atom. The van der Waals surface area contributed by atoms with E-state index in [4.69, 9.17) is 0 Å². The van der Waals surface area contributed by atoms with Crippen molar-refractivity contribution in [3.8, 4) is 0 Å². The molecule has 0 unspecified atom stereocenters. The number of halogens is 1. The van der Waals surface area contributed by atoms with Gasteiger partial charge in [-0.05, 0) is 67.1 Å². The lowest BCUT2D eigenvalue weighted by Gasteiger charge is -2.38. The van der Waals surface area contributed by atoms with Gasteiger partial charge in [0.1, 0.15) is 5.82 Å². The zero-order valence-corrected chi connectivity index (χ0v) is 16.9. The molecule has 1 aromatic carbocycles. The van der Waals surface area contributed by atoms with Gasteiger partial charge >= 0.3 is 0 Å². The van der Waals surface area contributed by atoms with Crippen LogP contribution in [0.4, 0.5) is 4.39 Å². The van der Waals surface area contributed by atoms with Gasteiger partial charge in [-0.1, -0.05) is 31.0 Å². The molecule has 1 fully saturated rings. The van der Waals surface area contributed by atoms with E-state index >= 15 is 0 Å². The third kappa shape index (κ3) is 2.97. The molecule has 0 saturated heterocycles. The number of nitrogens with zero attached hydrogens (tertiary/aromatic N) is 2. The molecule has 0 aliphatic heterocycles. The fourth-order valence-electron chi connectivity index (χ4n) is 5.54. The minimum atomic E-state index is -0.496. The van der Waals surface area contributed by atoms with Gasteiger partial charge in [0.15, 0.2) is 0 Å². The summed E-state index contributed by atoms with van der Waals surface area (Å²) in [6.07, 6.45) is 8.81. The first-order chi connectivity index (χ1) is 14.1. The van der Waals surface area contributed by atoms with Gasteiger partial charge in [0.2, 0.25) is 5.91 Å². The van der Waals surface area contributed by atoms with Crippen LogP contribution in [0, 0.1) is 5.82 Å². The van der Waals surface area contributed by atoms with Crippen molar-refractivity contribution < 1.29 is 9.18 Å². The van der Waals surface area contributed by atoms with E-state index in [1.54, 1.807) is 0 Å². The molecule has 3 aromatic rings. The third-order valence-electron chi connectivity index (χ3n) is 7.18. The summed E-state index contributed by atoms with van der Waals surface area (Å²) in [4.78, 5) is 15.8. The molecular weight excluding hydrogens is 363 g/mol. The van der Waals surface area contributed by atoms with E-state index in [0.29, 0.717) is 0 Å². The van der Waals surface area contributed by atoms with Gasteiger partial charge < -0.3 is 9.30 Å². The summed E-state index contributed by atoms with van der Waals surface area (Å²) in [6.45, 7) is 0. The fraction of sp³-hybridized carbons (Fsp3) is 0.400. The summed E-state index contributed by atoms with van der Waals surface area (Å²) < 4.78 is 15.8. The first-order valence-corrected chi connectivity index (χ1v) is 10.7. The highest BCUT2D eigenvalue weighted by molar-refractivity contribution is 5.88. The normalized spacial score (nSPS) is 20.6. The second-order valence-corrected chi connectivity index (χ2v) is 8.72. The van der Waals surface area contributed by atoms with Crippen LogP contribution in [0.2, 0.25) is 0 Å². The van der Waals surface area contributed by atoms with Crippen molar-refractivity contribution in [1.29, 1.82) is 0 Å². The maximum Gasteiger partial charge on any atom is 0.233 e. The van der Waals surface area contributed by atoms with Gasteiger partial charge in [-0.25, -0.2) is 4.39 Å². The van der Waals surface area contributed by atoms with Gasteiger partial charge in [0.05, 0.1) is 5.41 Å². The first kappa shape index (κ1) is 18.4. The average Bonchev–Trinajstić information content (AvgIpc) is 3.38. The number of aromatic nitrogens is 1. The second-order valence-electron chi connectivity index (χ2n) is 8.72. The van der Waals surface area contributed by atoms with Crippen molar-refractivity contribution in [2.75, 3.05) is 7.05 Å². The van der Waals surface area contributed by atoms with E-state index < -0.39 is 5.41 Å². The number of fused-ring (bicyclic) bond motifs is 3. The van der Waals surface area contributed by atoms with Crippen molar-refractivity contribution >= 4 is 11.4 Å². The van der Waals surface area contributed by atoms with Crippen LogP contribution in [0.5, 0.6) is 0 Å². The van der Waals surface area contributed by atoms with E-state index in [0.717, 1.165) is 50.5 Å². The molecule has 1 saturated carbocycles. The highest BCUT2D eigenvalue weighted by atomic mass is 19.1. The van der Waals surface area contributed by atoms with Crippen LogP contribution in [-0.4, -0.2) is 28.3 Å². The molecule has 2 aliphatic rings. The van der Waals surface area contributed by atoms with Crippen LogP contribution in [0.3, 0.4) is 0 Å². The maximum absolute atomic E-state index is 13.8. The van der Waals surface area contributed by atoms with Gasteiger partial charge in [0.25, 0.3) is 0 Å². The molecule has 1 atom stereocenters. The standard InChI is InChI=1S/C25H27FN2O/c1-27(21-12-7-18-16-22-6-2-5-15-28(22)23(18)17-21)24(29)25(13-3-4-14-25)19-8-10-20(26)11-9-19/h2,5-6,8-11,15-16,21H,3-4,7,12-14,17H2,1H3/t21-/m1/s1. The SMILES string of the molecule is CN(C(=O)C1(c2ccc(F)cc2)CCCC1)[C@@H]1CCc2cc3ccccn3c2C1. The summed E-state index contributed by atoms with van der Waals surface area (Å²) in [7, 11) is 1.97. The largest absolute Gasteiger partial charge is 0.342 e. The fourth-order valence-corrected chi connectivity index (χ4v) is 5.54. The van der Waals surface area contributed by atoms with Crippen LogP contribution < -0.4 is 0 Å². The molecule has 0 bridgehead atoms. The zero-order valence-electron chi connectivity index (χ0n) is 16.9. The number of likely N-dealkylation sites (N-methyl/N-ethyl adjacent to an activating group) is 1. The van der Waals surface area contributed by atoms with Gasteiger partial charge in [-0.3, -0.25) is 4.79 Å². The molecule has 4 heteroatoms. The minimum absolute atomic E-state index is 0.200. The summed E-state index contributed by atoms with van der Waals surface area (Å²) >= 11 is 0. The number of aryl methyl sites for hydroxylation is 1. The molecule has 2 aromatic heterocycles. The number of benzene rings is 1. The molecule has 2 aliphatic carbocycles. The quantitative estimate of drug-likeness (QED) is 0.624. The Morgan fingerprint density at radius 2 is 1.90 bits per heavy atom. The van der Waals surface area contributed by atoms with E-state index in [-0.39, 0.29) is 17.8 Å². The minimum Gasteiger partial charge on any atom is -0.342 e. The Labute approximate surface area is 171 Å². The first-order valence-electron chi connectivity index (χ1n) is 10.7. The Hall–Kier alpha value is -2.62. The van der Waals surface area contributed by atoms with Crippen LogP contribution in [-0.2, 0) is 23.1 Å². The molecule has 150 valence electrons. The molecule has 0 spiro atoms. The molecular formula is C25H27FN2O. The van der Waals surface area contributed by atoms with Crippen molar-refractivity contribution in [3.05, 3.63) is 77.4 Å². The number of carbonyl (C=O) groups excluding carboxylic acids is 1. The molecule has 3 nitrogen and oxygen atoms in total. The topological polar surface area (TPSA) is 24.7 Å². The second kappa shape index (κ2) is 7.01. The number of carbonyl (C=O) groups is 1. The van der Waals surface area contributed by atoms with Crippen molar-refractivity contribution in [3.63, 3.8) is 0 Å². The Morgan fingerprint density at radius 3 is 2.66 bits per heavy atom. The molecule has 5 rings (SSSR count). The summed E-state index contributed by atoms with van der Waals surface area (Å²) in [5, 5.41) is 0. The van der Waals surface area contributed by atoms with Gasteiger partial charge in [-0.2, -0.15) is 0 Å². The molecule has 0 N–H and O–H groups in total. The Kier molecular flexibility index (Phi) is 4.45. The summed E-state index contributed by atoms with van der Waals surface area (Å²) in [5.41, 5.74) is 4.44. The van der Waals surface area contributed by atoms with Crippen LogP contribution in [0.15, 0.2) is 54.7 Å². The predicted octanol–water partition coefficient (Wildman–Crippen LogP) is 4.91. The smallest absolute Gasteiger partial charge is 0.233 e. The maximum atomic E-state index is 13.8. The number of amides is 1. The van der Waals surface area contributed by atoms with E-state index in [1.807, 2.05) is 24.1 Å². The number of hydrogen-bond acceptors (Lipinski definition) is 1. The van der Waals surface area contributed by atoms with Crippen LogP contribution in [0.1, 0.15) is 48.9 Å². The predicted molar refractivity (Wildman–Crippen MR) is 113 cm³/mol. The molecule has 29 heavy (non-hydrogen) atoms. The van der Waals surface area contributed by atoms with Crippen LogP contribution >= 0.6 is 0 Å². The molecule has 0 radical (unpaired) electrons. The molecule has 1 amide bonds. The van der Waals surface area contributed by atoms with E-state index in [9.17, 15) is 9.18 Å². The van der Waals surface area contributed by atoms with Gasteiger partial charge in [-0.15, -0.1) is 0 Å². The highest BCUT2D eigenvalue weighted by Gasteiger charge is 2.45. The van der Waals surface area contributed by atoms with Crippen molar-refractivity contribution in [2.45, 2.75) is 56.4 Å².